The number of aromatic nitrogens is 1. The molecule has 2 aromatic heterocycles. The lowest BCUT2D eigenvalue weighted by Gasteiger charge is -2.36. The van der Waals surface area contributed by atoms with Gasteiger partial charge in [0.1, 0.15) is 16.8 Å². The van der Waals surface area contributed by atoms with E-state index in [1.165, 1.54) is 11.3 Å². The van der Waals surface area contributed by atoms with E-state index in [0.29, 0.717) is 25.3 Å². The molecule has 1 aliphatic rings. The highest BCUT2D eigenvalue weighted by atomic mass is 32.1. The second kappa shape index (κ2) is 6.23. The van der Waals surface area contributed by atoms with E-state index in [0.717, 1.165) is 10.6 Å². The summed E-state index contributed by atoms with van der Waals surface area (Å²) in [7, 11) is 0. The monoisotopic (exact) mass is 323 g/mol. The lowest BCUT2D eigenvalue weighted by Crippen LogP contribution is -2.46. The van der Waals surface area contributed by atoms with Crippen molar-refractivity contribution < 1.29 is 9.53 Å². The topological polar surface area (TPSA) is 68.5 Å². The third-order valence-corrected chi connectivity index (χ3v) is 4.98. The molecule has 5 nitrogen and oxygen atoms in total. The van der Waals surface area contributed by atoms with Crippen molar-refractivity contribution in [2.75, 3.05) is 13.1 Å². The fourth-order valence-corrected chi connectivity index (χ4v) is 3.77. The molecule has 3 rings (SSSR count). The normalized spacial score (nSPS) is 22.5. The van der Waals surface area contributed by atoms with E-state index in [1.807, 2.05) is 23.3 Å². The summed E-state index contributed by atoms with van der Waals surface area (Å²) in [6.45, 7) is 3.52. The molecular weight excluding hydrogens is 306 g/mol. The standard InChI is InChI=1S/C14H17N3O2S2/c1-9-5-17(6-12(19-9)10-2-3-20-7-10)14(18)11-8-21-13(4-15)16-11/h2-3,7-9,12H,4-6,15H2,1H3. The molecule has 3 heterocycles. The van der Waals surface area contributed by atoms with Gasteiger partial charge in [0.2, 0.25) is 0 Å². The number of thiazole rings is 1. The first kappa shape index (κ1) is 14.6. The Bertz CT molecular complexity index is 612. The van der Waals surface area contributed by atoms with Gasteiger partial charge in [-0.25, -0.2) is 4.98 Å². The minimum Gasteiger partial charge on any atom is -0.367 e. The Hall–Kier alpha value is -1.28. The molecule has 2 atom stereocenters. The SMILES string of the molecule is CC1CN(C(=O)c2csc(CN)n2)CC(c2ccsc2)O1. The number of morpholine rings is 1. The molecule has 2 unspecified atom stereocenters. The van der Waals surface area contributed by atoms with E-state index in [9.17, 15) is 4.79 Å². The molecule has 0 radical (unpaired) electrons. The van der Waals surface area contributed by atoms with Crippen LogP contribution in [0.1, 0.15) is 34.1 Å². The molecule has 0 aliphatic carbocycles. The van der Waals surface area contributed by atoms with Crippen LogP contribution < -0.4 is 5.73 Å². The Kier molecular flexibility index (Phi) is 4.34. The number of carbonyl (C=O) groups is 1. The van der Waals surface area contributed by atoms with Crippen LogP contribution >= 0.6 is 22.7 Å². The van der Waals surface area contributed by atoms with Crippen molar-refractivity contribution >= 4 is 28.6 Å². The summed E-state index contributed by atoms with van der Waals surface area (Å²) in [4.78, 5) is 18.7. The van der Waals surface area contributed by atoms with Crippen molar-refractivity contribution in [1.82, 2.24) is 9.88 Å². The molecule has 1 aliphatic heterocycles. The van der Waals surface area contributed by atoms with Gasteiger partial charge in [-0.2, -0.15) is 11.3 Å². The highest BCUT2D eigenvalue weighted by Crippen LogP contribution is 2.27. The van der Waals surface area contributed by atoms with E-state index in [1.54, 1.807) is 16.7 Å². The maximum Gasteiger partial charge on any atom is 0.273 e. The predicted octanol–water partition coefficient (Wildman–Crippen LogP) is 2.27. The largest absolute Gasteiger partial charge is 0.367 e. The average molecular weight is 323 g/mol. The Morgan fingerprint density at radius 1 is 1.52 bits per heavy atom. The minimum absolute atomic E-state index is 0.0141. The number of nitrogens with two attached hydrogens (primary N) is 1. The molecule has 1 fully saturated rings. The Labute approximate surface area is 131 Å². The van der Waals surface area contributed by atoms with Gasteiger partial charge in [-0.3, -0.25) is 4.79 Å². The maximum atomic E-state index is 12.6. The summed E-state index contributed by atoms with van der Waals surface area (Å²) < 4.78 is 5.95. The van der Waals surface area contributed by atoms with Gasteiger partial charge in [0.15, 0.2) is 0 Å². The summed E-state index contributed by atoms with van der Waals surface area (Å²) in [6, 6.07) is 2.05. The molecular formula is C14H17N3O2S2. The van der Waals surface area contributed by atoms with Crippen molar-refractivity contribution in [3.05, 3.63) is 38.5 Å². The van der Waals surface area contributed by atoms with Crippen LogP contribution in [-0.2, 0) is 11.3 Å². The highest BCUT2D eigenvalue weighted by molar-refractivity contribution is 7.09. The molecule has 21 heavy (non-hydrogen) atoms. The Morgan fingerprint density at radius 3 is 3.05 bits per heavy atom. The smallest absolute Gasteiger partial charge is 0.273 e. The first-order valence-electron chi connectivity index (χ1n) is 6.78. The zero-order valence-electron chi connectivity index (χ0n) is 11.7. The number of amides is 1. The number of hydrogen-bond donors (Lipinski definition) is 1. The zero-order valence-corrected chi connectivity index (χ0v) is 13.3. The molecule has 0 spiro atoms. The second-order valence-corrected chi connectivity index (χ2v) is 6.76. The quantitative estimate of drug-likeness (QED) is 0.941. The summed E-state index contributed by atoms with van der Waals surface area (Å²) in [5.41, 5.74) is 7.17. The number of carbonyl (C=O) groups excluding carboxylic acids is 1. The second-order valence-electron chi connectivity index (χ2n) is 5.03. The number of nitrogens with zero attached hydrogens (tertiary/aromatic N) is 2. The molecule has 1 saturated heterocycles. The van der Waals surface area contributed by atoms with E-state index in [2.05, 4.69) is 10.4 Å². The van der Waals surface area contributed by atoms with E-state index >= 15 is 0 Å². The van der Waals surface area contributed by atoms with Crippen LogP contribution in [0.25, 0.3) is 0 Å². The van der Waals surface area contributed by atoms with Gasteiger partial charge in [0.25, 0.3) is 5.91 Å². The van der Waals surface area contributed by atoms with Gasteiger partial charge in [-0.15, -0.1) is 11.3 Å². The van der Waals surface area contributed by atoms with E-state index in [-0.39, 0.29) is 18.1 Å². The number of thiophene rings is 1. The molecule has 0 aromatic carbocycles. The molecule has 0 bridgehead atoms. The van der Waals surface area contributed by atoms with Gasteiger partial charge < -0.3 is 15.4 Å². The molecule has 0 saturated carbocycles. The van der Waals surface area contributed by atoms with Crippen molar-refractivity contribution in [2.24, 2.45) is 5.73 Å². The molecule has 2 aromatic rings. The van der Waals surface area contributed by atoms with Gasteiger partial charge in [-0.05, 0) is 29.3 Å². The Balaban J connectivity index is 1.76. The van der Waals surface area contributed by atoms with Crippen LogP contribution in [0.2, 0.25) is 0 Å². The lowest BCUT2D eigenvalue weighted by molar-refractivity contribution is -0.0691. The van der Waals surface area contributed by atoms with Gasteiger partial charge in [0, 0.05) is 18.5 Å². The summed E-state index contributed by atoms with van der Waals surface area (Å²) in [5.74, 6) is -0.0404. The minimum atomic E-state index is -0.0587. The first-order chi connectivity index (χ1) is 10.2. The summed E-state index contributed by atoms with van der Waals surface area (Å²) in [5, 5.41) is 6.66. The first-order valence-corrected chi connectivity index (χ1v) is 8.61. The lowest BCUT2D eigenvalue weighted by atomic mass is 10.1. The fraction of sp³-hybridized carbons (Fsp3) is 0.429. The van der Waals surface area contributed by atoms with Crippen molar-refractivity contribution in [3.8, 4) is 0 Å². The fourth-order valence-electron chi connectivity index (χ4n) is 2.42. The van der Waals surface area contributed by atoms with Gasteiger partial charge >= 0.3 is 0 Å². The van der Waals surface area contributed by atoms with E-state index in [4.69, 9.17) is 10.5 Å². The van der Waals surface area contributed by atoms with E-state index < -0.39 is 0 Å². The number of rotatable bonds is 3. The van der Waals surface area contributed by atoms with Gasteiger partial charge in [-0.1, -0.05) is 0 Å². The number of hydrogen-bond acceptors (Lipinski definition) is 6. The van der Waals surface area contributed by atoms with Gasteiger partial charge in [0.05, 0.1) is 12.6 Å². The Morgan fingerprint density at radius 2 is 2.38 bits per heavy atom. The van der Waals surface area contributed by atoms with Crippen LogP contribution in [0.4, 0.5) is 0 Å². The van der Waals surface area contributed by atoms with Crippen molar-refractivity contribution in [3.63, 3.8) is 0 Å². The van der Waals surface area contributed by atoms with Crippen LogP contribution in [0.3, 0.4) is 0 Å². The number of ether oxygens (including phenoxy) is 1. The van der Waals surface area contributed by atoms with Crippen molar-refractivity contribution in [1.29, 1.82) is 0 Å². The van der Waals surface area contributed by atoms with Crippen LogP contribution in [0.5, 0.6) is 0 Å². The maximum absolute atomic E-state index is 12.6. The van der Waals surface area contributed by atoms with Crippen LogP contribution in [-0.4, -0.2) is 35.0 Å². The summed E-state index contributed by atoms with van der Waals surface area (Å²) >= 11 is 3.07. The third-order valence-electron chi connectivity index (χ3n) is 3.41. The highest BCUT2D eigenvalue weighted by Gasteiger charge is 2.30. The van der Waals surface area contributed by atoms with Crippen LogP contribution in [0, 0.1) is 0 Å². The van der Waals surface area contributed by atoms with Crippen molar-refractivity contribution in [2.45, 2.75) is 25.7 Å². The zero-order chi connectivity index (χ0) is 14.8. The average Bonchev–Trinajstić information content (AvgIpc) is 3.17. The van der Waals surface area contributed by atoms with Crippen LogP contribution in [0.15, 0.2) is 22.2 Å². The predicted molar refractivity (Wildman–Crippen MR) is 83.5 cm³/mol. The molecule has 2 N–H and O–H groups in total. The summed E-state index contributed by atoms with van der Waals surface area (Å²) in [6.07, 6.45) is -0.0446. The molecule has 112 valence electrons. The molecule has 1 amide bonds. The molecule has 7 heteroatoms. The third kappa shape index (κ3) is 3.16.